The third-order valence-corrected chi connectivity index (χ3v) is 4.77. The highest BCUT2D eigenvalue weighted by molar-refractivity contribution is 8.00. The lowest BCUT2D eigenvalue weighted by Crippen LogP contribution is -2.23. The maximum atomic E-state index is 12.4. The fourth-order valence-corrected chi connectivity index (χ4v) is 3.14. The van der Waals surface area contributed by atoms with Gasteiger partial charge in [-0.05, 0) is 31.2 Å². The van der Waals surface area contributed by atoms with Gasteiger partial charge in [0.25, 0.3) is 0 Å². The van der Waals surface area contributed by atoms with Crippen molar-refractivity contribution in [2.24, 2.45) is 0 Å². The highest BCUT2D eigenvalue weighted by atomic mass is 35.5. The van der Waals surface area contributed by atoms with Gasteiger partial charge < -0.3 is 10.1 Å². The summed E-state index contributed by atoms with van der Waals surface area (Å²) in [4.78, 5) is 16.5. The molecule has 0 unspecified atom stereocenters. The zero-order chi connectivity index (χ0) is 18.5. The molecule has 1 atom stereocenters. The first-order valence-electron chi connectivity index (χ1n) is 7.71. The van der Waals surface area contributed by atoms with Crippen molar-refractivity contribution in [1.82, 2.24) is 19.7 Å². The highest BCUT2D eigenvalue weighted by Crippen LogP contribution is 2.29. The van der Waals surface area contributed by atoms with Gasteiger partial charge in [-0.2, -0.15) is 0 Å². The average molecular weight is 390 g/mol. The predicted octanol–water partition coefficient (Wildman–Crippen LogP) is 3.44. The molecular formula is C17H16ClN5O2S. The lowest BCUT2D eigenvalue weighted by atomic mass is 10.3. The number of thioether (sulfide) groups is 1. The first kappa shape index (κ1) is 18.2. The predicted molar refractivity (Wildman–Crippen MR) is 101 cm³/mol. The SMILES string of the molecule is COc1ccccc1-n1cnnc1S[C@@H](C)C(=O)Nc1ccc(Cl)cn1. The summed E-state index contributed by atoms with van der Waals surface area (Å²) in [5.41, 5.74) is 0.800. The van der Waals surface area contributed by atoms with Crippen molar-refractivity contribution < 1.29 is 9.53 Å². The number of carbonyl (C=O) groups excluding carboxylic acids is 1. The first-order chi connectivity index (χ1) is 12.6. The van der Waals surface area contributed by atoms with E-state index in [1.54, 1.807) is 37.1 Å². The zero-order valence-corrected chi connectivity index (χ0v) is 15.7. The number of ether oxygens (including phenoxy) is 1. The summed E-state index contributed by atoms with van der Waals surface area (Å²) in [5, 5.41) is 11.5. The molecule has 0 spiro atoms. The zero-order valence-electron chi connectivity index (χ0n) is 14.1. The third kappa shape index (κ3) is 4.14. The lowest BCUT2D eigenvalue weighted by molar-refractivity contribution is -0.115. The van der Waals surface area contributed by atoms with Crippen molar-refractivity contribution in [1.29, 1.82) is 0 Å². The number of benzene rings is 1. The van der Waals surface area contributed by atoms with Gasteiger partial charge in [-0.1, -0.05) is 35.5 Å². The number of para-hydroxylation sites is 2. The van der Waals surface area contributed by atoms with Gasteiger partial charge in [-0.25, -0.2) is 4.98 Å². The molecule has 9 heteroatoms. The molecule has 26 heavy (non-hydrogen) atoms. The molecule has 0 saturated carbocycles. The van der Waals surface area contributed by atoms with E-state index in [0.717, 1.165) is 5.69 Å². The largest absolute Gasteiger partial charge is 0.495 e. The minimum absolute atomic E-state index is 0.195. The van der Waals surface area contributed by atoms with Crippen LogP contribution >= 0.6 is 23.4 Å². The minimum atomic E-state index is -0.412. The van der Waals surface area contributed by atoms with Crippen LogP contribution in [0.15, 0.2) is 54.1 Å². The van der Waals surface area contributed by atoms with Gasteiger partial charge in [-0.15, -0.1) is 10.2 Å². The number of hydrogen-bond acceptors (Lipinski definition) is 6. The molecule has 0 fully saturated rings. The second-order valence-electron chi connectivity index (χ2n) is 5.27. The molecule has 3 rings (SSSR count). The standard InChI is InChI=1S/C17H16ClN5O2S/c1-11(16(24)21-15-8-7-12(18)9-19-15)26-17-22-20-10-23(17)13-5-3-4-6-14(13)25-2/h3-11H,1-2H3,(H,19,21,24)/t11-/m0/s1. The van der Waals surface area contributed by atoms with Crippen LogP contribution in [0.4, 0.5) is 5.82 Å². The smallest absolute Gasteiger partial charge is 0.238 e. The van der Waals surface area contributed by atoms with E-state index in [1.807, 2.05) is 24.3 Å². The van der Waals surface area contributed by atoms with Crippen molar-refractivity contribution in [3.05, 3.63) is 53.9 Å². The lowest BCUT2D eigenvalue weighted by Gasteiger charge is -2.13. The summed E-state index contributed by atoms with van der Waals surface area (Å²) < 4.78 is 7.17. The number of rotatable bonds is 6. The topological polar surface area (TPSA) is 81.9 Å². The molecule has 0 aliphatic heterocycles. The number of nitrogens with one attached hydrogen (secondary N) is 1. The molecule has 0 saturated heterocycles. The molecule has 0 bridgehead atoms. The van der Waals surface area contributed by atoms with Crippen LogP contribution in [0.2, 0.25) is 5.02 Å². The molecule has 1 N–H and O–H groups in total. The molecule has 134 valence electrons. The van der Waals surface area contributed by atoms with E-state index in [-0.39, 0.29) is 5.91 Å². The average Bonchev–Trinajstić information content (AvgIpc) is 3.11. The van der Waals surface area contributed by atoms with Crippen LogP contribution in [0.5, 0.6) is 5.75 Å². The van der Waals surface area contributed by atoms with Crippen molar-refractivity contribution in [2.75, 3.05) is 12.4 Å². The van der Waals surface area contributed by atoms with E-state index < -0.39 is 5.25 Å². The number of hydrogen-bond donors (Lipinski definition) is 1. The summed E-state index contributed by atoms with van der Waals surface area (Å²) in [7, 11) is 1.60. The summed E-state index contributed by atoms with van der Waals surface area (Å²) in [6.07, 6.45) is 3.07. The quantitative estimate of drug-likeness (QED) is 0.650. The van der Waals surface area contributed by atoms with Crippen LogP contribution in [0.3, 0.4) is 0 Å². The van der Waals surface area contributed by atoms with E-state index in [0.29, 0.717) is 21.7 Å². The Morgan fingerprint density at radius 1 is 1.31 bits per heavy atom. The Balaban J connectivity index is 1.74. The van der Waals surface area contributed by atoms with E-state index >= 15 is 0 Å². The second kappa shape index (κ2) is 8.20. The first-order valence-corrected chi connectivity index (χ1v) is 8.96. The Morgan fingerprint density at radius 3 is 2.85 bits per heavy atom. The van der Waals surface area contributed by atoms with E-state index in [9.17, 15) is 4.79 Å². The number of carbonyl (C=O) groups is 1. The Bertz CT molecular complexity index is 900. The normalized spacial score (nSPS) is 11.8. The van der Waals surface area contributed by atoms with Gasteiger partial charge in [0.1, 0.15) is 17.9 Å². The molecule has 2 aromatic heterocycles. The van der Waals surface area contributed by atoms with Crippen LogP contribution in [0.1, 0.15) is 6.92 Å². The van der Waals surface area contributed by atoms with Gasteiger partial charge in [-0.3, -0.25) is 9.36 Å². The molecule has 0 aliphatic carbocycles. The van der Waals surface area contributed by atoms with Crippen LogP contribution in [0.25, 0.3) is 5.69 Å². The minimum Gasteiger partial charge on any atom is -0.495 e. The number of pyridine rings is 1. The summed E-state index contributed by atoms with van der Waals surface area (Å²) in [6.45, 7) is 1.79. The Labute approximate surface area is 159 Å². The van der Waals surface area contributed by atoms with Gasteiger partial charge in [0.2, 0.25) is 5.91 Å². The monoisotopic (exact) mass is 389 g/mol. The van der Waals surface area contributed by atoms with Gasteiger partial charge >= 0.3 is 0 Å². The van der Waals surface area contributed by atoms with Crippen LogP contribution in [0, 0.1) is 0 Å². The van der Waals surface area contributed by atoms with Gasteiger partial charge in [0.15, 0.2) is 5.16 Å². The molecular weight excluding hydrogens is 374 g/mol. The number of halogens is 1. The number of methoxy groups -OCH3 is 1. The third-order valence-electron chi connectivity index (χ3n) is 3.49. The van der Waals surface area contributed by atoms with Crippen molar-refractivity contribution >= 4 is 35.1 Å². The Kier molecular flexibility index (Phi) is 5.75. The summed E-state index contributed by atoms with van der Waals surface area (Å²) in [6, 6.07) is 10.8. The molecule has 0 radical (unpaired) electrons. The fourth-order valence-electron chi connectivity index (χ4n) is 2.19. The summed E-state index contributed by atoms with van der Waals surface area (Å²) in [5.74, 6) is 0.939. The fraction of sp³-hybridized carbons (Fsp3) is 0.176. The number of aromatic nitrogens is 4. The molecule has 3 aromatic rings. The van der Waals surface area contributed by atoms with Crippen molar-refractivity contribution in [2.45, 2.75) is 17.3 Å². The van der Waals surface area contributed by atoms with Crippen LogP contribution in [-0.2, 0) is 4.79 Å². The van der Waals surface area contributed by atoms with E-state index in [1.165, 1.54) is 18.0 Å². The van der Waals surface area contributed by atoms with Crippen molar-refractivity contribution in [3.63, 3.8) is 0 Å². The number of amides is 1. The molecule has 1 amide bonds. The maximum absolute atomic E-state index is 12.4. The molecule has 7 nitrogen and oxygen atoms in total. The van der Waals surface area contributed by atoms with E-state index in [4.69, 9.17) is 16.3 Å². The molecule has 0 aliphatic rings. The van der Waals surface area contributed by atoms with Crippen LogP contribution < -0.4 is 10.1 Å². The number of nitrogens with zero attached hydrogens (tertiary/aromatic N) is 4. The second-order valence-corrected chi connectivity index (χ2v) is 7.01. The number of anilines is 1. The summed E-state index contributed by atoms with van der Waals surface area (Å²) >= 11 is 7.09. The Hall–Kier alpha value is -2.58. The Morgan fingerprint density at radius 2 is 2.12 bits per heavy atom. The van der Waals surface area contributed by atoms with Crippen LogP contribution in [-0.4, -0.2) is 38.0 Å². The maximum Gasteiger partial charge on any atom is 0.238 e. The highest BCUT2D eigenvalue weighted by Gasteiger charge is 2.20. The van der Waals surface area contributed by atoms with Crippen molar-refractivity contribution in [3.8, 4) is 11.4 Å². The van der Waals surface area contributed by atoms with E-state index in [2.05, 4.69) is 20.5 Å². The molecule has 1 aromatic carbocycles. The van der Waals surface area contributed by atoms with Gasteiger partial charge in [0.05, 0.1) is 23.1 Å². The van der Waals surface area contributed by atoms with Gasteiger partial charge in [0, 0.05) is 6.20 Å². The molecule has 2 heterocycles.